The number of piperidine rings is 2. The van der Waals surface area contributed by atoms with Crippen LogP contribution in [0.15, 0.2) is 0 Å². The van der Waals surface area contributed by atoms with Crippen molar-refractivity contribution in [2.45, 2.75) is 51.6 Å². The van der Waals surface area contributed by atoms with E-state index in [1.54, 1.807) is 0 Å². The van der Waals surface area contributed by atoms with E-state index in [2.05, 4.69) is 18.7 Å². The molecule has 0 aromatic carbocycles. The molecule has 2 rings (SSSR count). The molecule has 2 heterocycles. The second-order valence-corrected chi connectivity index (χ2v) is 5.99. The second-order valence-electron chi connectivity index (χ2n) is 5.99. The molecule has 0 bridgehead atoms. The molecule has 0 aromatic heterocycles. The van der Waals surface area contributed by atoms with Crippen molar-refractivity contribution in [1.29, 1.82) is 0 Å². The number of rotatable bonds is 2. The van der Waals surface area contributed by atoms with E-state index in [4.69, 9.17) is 5.73 Å². The summed E-state index contributed by atoms with van der Waals surface area (Å²) in [5.74, 6) is 0.813. The first kappa shape index (κ1) is 13.8. The fraction of sp³-hybridized carbons (Fsp3) is 0.929. The van der Waals surface area contributed by atoms with E-state index < -0.39 is 0 Å². The zero-order chi connectivity index (χ0) is 13.1. The Hall–Kier alpha value is -0.610. The average molecular weight is 253 g/mol. The van der Waals surface area contributed by atoms with E-state index in [0.29, 0.717) is 17.9 Å². The summed E-state index contributed by atoms with van der Waals surface area (Å²) in [4.78, 5) is 16.8. The molecule has 0 aliphatic carbocycles. The van der Waals surface area contributed by atoms with Crippen LogP contribution in [0.5, 0.6) is 0 Å². The molecule has 0 radical (unpaired) electrons. The Morgan fingerprint density at radius 3 is 2.50 bits per heavy atom. The zero-order valence-corrected chi connectivity index (χ0v) is 11.8. The number of nitrogens with zero attached hydrogens (tertiary/aromatic N) is 2. The lowest BCUT2D eigenvalue weighted by Gasteiger charge is -2.40. The van der Waals surface area contributed by atoms with E-state index in [1.165, 1.54) is 19.3 Å². The normalized spacial score (nSPS) is 32.3. The fourth-order valence-corrected chi connectivity index (χ4v) is 3.08. The highest BCUT2D eigenvalue weighted by molar-refractivity contribution is 5.81. The number of carbonyl (C=O) groups excluding carboxylic acids is 1. The summed E-state index contributed by atoms with van der Waals surface area (Å²) in [5.41, 5.74) is 6.04. The van der Waals surface area contributed by atoms with Crippen molar-refractivity contribution >= 4 is 5.91 Å². The number of hydrogen-bond donors (Lipinski definition) is 1. The Bertz CT molecular complexity index is 289. The summed E-state index contributed by atoms with van der Waals surface area (Å²) in [6.45, 7) is 8.07. The number of hydrogen-bond acceptors (Lipinski definition) is 3. The van der Waals surface area contributed by atoms with Crippen molar-refractivity contribution < 1.29 is 4.79 Å². The van der Waals surface area contributed by atoms with Crippen molar-refractivity contribution in [2.24, 2.45) is 11.7 Å². The largest absolute Gasteiger partial charge is 0.341 e. The summed E-state index contributed by atoms with van der Waals surface area (Å²) in [7, 11) is 0. The summed E-state index contributed by atoms with van der Waals surface area (Å²) >= 11 is 0. The molecule has 1 amide bonds. The molecule has 2 aliphatic rings. The van der Waals surface area contributed by atoms with Gasteiger partial charge in [-0.15, -0.1) is 0 Å². The van der Waals surface area contributed by atoms with Crippen LogP contribution in [-0.2, 0) is 4.79 Å². The molecular weight excluding hydrogens is 226 g/mol. The summed E-state index contributed by atoms with van der Waals surface area (Å²) in [6, 6.07) is 0.330. The van der Waals surface area contributed by atoms with Gasteiger partial charge in [0, 0.05) is 32.2 Å². The maximum atomic E-state index is 12.4. The lowest BCUT2D eigenvalue weighted by atomic mass is 9.93. The molecule has 0 saturated carbocycles. The van der Waals surface area contributed by atoms with Gasteiger partial charge in [0.2, 0.25) is 5.91 Å². The molecule has 0 spiro atoms. The van der Waals surface area contributed by atoms with Gasteiger partial charge in [0.25, 0.3) is 0 Å². The molecule has 2 saturated heterocycles. The number of amides is 1. The SMILES string of the molecule is CC1CN(C(C)C(=O)N2CCCCC2)CCC1N. The fourth-order valence-electron chi connectivity index (χ4n) is 3.08. The summed E-state index contributed by atoms with van der Waals surface area (Å²) in [6.07, 6.45) is 4.62. The summed E-state index contributed by atoms with van der Waals surface area (Å²) in [5, 5.41) is 0. The third-order valence-corrected chi connectivity index (χ3v) is 4.58. The molecule has 2 fully saturated rings. The van der Waals surface area contributed by atoms with E-state index >= 15 is 0 Å². The lowest BCUT2D eigenvalue weighted by Crippen LogP contribution is -2.54. The zero-order valence-electron chi connectivity index (χ0n) is 11.8. The summed E-state index contributed by atoms with van der Waals surface area (Å²) < 4.78 is 0. The van der Waals surface area contributed by atoms with Gasteiger partial charge < -0.3 is 10.6 Å². The number of carbonyl (C=O) groups is 1. The molecule has 0 aromatic rings. The molecule has 3 unspecified atom stereocenters. The quantitative estimate of drug-likeness (QED) is 0.800. The van der Waals surface area contributed by atoms with Crippen LogP contribution < -0.4 is 5.73 Å². The maximum absolute atomic E-state index is 12.4. The van der Waals surface area contributed by atoms with Gasteiger partial charge in [-0.05, 0) is 38.5 Å². The van der Waals surface area contributed by atoms with E-state index in [-0.39, 0.29) is 6.04 Å². The van der Waals surface area contributed by atoms with Crippen molar-refractivity contribution in [1.82, 2.24) is 9.80 Å². The first-order valence-corrected chi connectivity index (χ1v) is 7.38. The molecule has 2 aliphatic heterocycles. The Morgan fingerprint density at radius 1 is 1.22 bits per heavy atom. The minimum Gasteiger partial charge on any atom is -0.341 e. The van der Waals surface area contributed by atoms with Crippen molar-refractivity contribution in [3.05, 3.63) is 0 Å². The van der Waals surface area contributed by atoms with Gasteiger partial charge in [-0.1, -0.05) is 6.92 Å². The first-order chi connectivity index (χ1) is 8.59. The number of likely N-dealkylation sites (tertiary alicyclic amines) is 2. The van der Waals surface area contributed by atoms with Gasteiger partial charge in [-0.25, -0.2) is 0 Å². The van der Waals surface area contributed by atoms with Gasteiger partial charge in [-0.2, -0.15) is 0 Å². The molecule has 18 heavy (non-hydrogen) atoms. The minimum absolute atomic E-state index is 0.0260. The van der Waals surface area contributed by atoms with Crippen LogP contribution in [-0.4, -0.2) is 54.0 Å². The van der Waals surface area contributed by atoms with Gasteiger partial charge in [-0.3, -0.25) is 9.69 Å². The Balaban J connectivity index is 1.89. The molecule has 2 N–H and O–H groups in total. The smallest absolute Gasteiger partial charge is 0.239 e. The standard InChI is InChI=1S/C14H27N3O/c1-11-10-17(9-6-13(11)15)12(2)14(18)16-7-4-3-5-8-16/h11-13H,3-10,15H2,1-2H3. The third-order valence-electron chi connectivity index (χ3n) is 4.58. The van der Waals surface area contributed by atoms with E-state index in [1.807, 2.05) is 4.90 Å². The number of nitrogens with two attached hydrogens (primary N) is 1. The molecule has 4 nitrogen and oxygen atoms in total. The average Bonchev–Trinajstić information content (AvgIpc) is 2.41. The third kappa shape index (κ3) is 3.04. The highest BCUT2D eigenvalue weighted by Gasteiger charge is 2.31. The monoisotopic (exact) mass is 253 g/mol. The van der Waals surface area contributed by atoms with Gasteiger partial charge >= 0.3 is 0 Å². The molecule has 104 valence electrons. The second kappa shape index (κ2) is 6.02. The molecule has 3 atom stereocenters. The van der Waals surface area contributed by atoms with Gasteiger partial charge in [0.15, 0.2) is 0 Å². The Labute approximate surface area is 110 Å². The van der Waals surface area contributed by atoms with Crippen molar-refractivity contribution in [3.63, 3.8) is 0 Å². The van der Waals surface area contributed by atoms with Gasteiger partial charge in [0.05, 0.1) is 6.04 Å². The maximum Gasteiger partial charge on any atom is 0.239 e. The van der Waals surface area contributed by atoms with Crippen LogP contribution >= 0.6 is 0 Å². The van der Waals surface area contributed by atoms with Crippen LogP contribution in [0.1, 0.15) is 39.5 Å². The molecular formula is C14H27N3O. The first-order valence-electron chi connectivity index (χ1n) is 7.38. The van der Waals surface area contributed by atoms with E-state index in [9.17, 15) is 4.79 Å². The Morgan fingerprint density at radius 2 is 1.89 bits per heavy atom. The predicted molar refractivity (Wildman–Crippen MR) is 73.2 cm³/mol. The van der Waals surface area contributed by atoms with Crippen molar-refractivity contribution in [3.8, 4) is 0 Å². The van der Waals surface area contributed by atoms with Crippen LogP contribution in [0, 0.1) is 5.92 Å². The van der Waals surface area contributed by atoms with Crippen molar-refractivity contribution in [2.75, 3.05) is 26.2 Å². The predicted octanol–water partition coefficient (Wildman–Crippen LogP) is 1.06. The highest BCUT2D eigenvalue weighted by atomic mass is 16.2. The van der Waals surface area contributed by atoms with Crippen LogP contribution in [0.4, 0.5) is 0 Å². The Kier molecular flexibility index (Phi) is 4.62. The topological polar surface area (TPSA) is 49.6 Å². The minimum atomic E-state index is 0.0260. The molecule has 4 heteroatoms. The van der Waals surface area contributed by atoms with Crippen LogP contribution in [0.2, 0.25) is 0 Å². The van der Waals surface area contributed by atoms with Crippen LogP contribution in [0.3, 0.4) is 0 Å². The van der Waals surface area contributed by atoms with E-state index in [0.717, 1.165) is 32.6 Å². The van der Waals surface area contributed by atoms with Gasteiger partial charge in [0.1, 0.15) is 0 Å². The lowest BCUT2D eigenvalue weighted by molar-refractivity contribution is -0.138. The highest BCUT2D eigenvalue weighted by Crippen LogP contribution is 2.19. The van der Waals surface area contributed by atoms with Crippen LogP contribution in [0.25, 0.3) is 0 Å².